The number of aliphatic hydroxyl groups excluding tert-OH is 1. The second-order valence-corrected chi connectivity index (χ2v) is 11.7. The summed E-state index contributed by atoms with van der Waals surface area (Å²) in [4.78, 5) is 17.3. The van der Waals surface area contributed by atoms with Crippen molar-refractivity contribution < 1.29 is 44.6 Å². The van der Waals surface area contributed by atoms with E-state index < -0.39 is 63.1 Å². The van der Waals surface area contributed by atoms with E-state index in [4.69, 9.17) is 20.8 Å². The molecule has 3 atom stereocenters. The molecular formula is C30H23ClF5N3O6S. The number of aromatic nitrogens is 3. The summed E-state index contributed by atoms with van der Waals surface area (Å²) < 4.78 is 101. The topological polar surface area (TPSA) is 117 Å². The molecular weight excluding hydrogens is 661 g/mol. The number of rotatable bonds is 9. The number of pyridine rings is 1. The van der Waals surface area contributed by atoms with E-state index in [1.807, 2.05) is 0 Å². The van der Waals surface area contributed by atoms with Crippen molar-refractivity contribution in [1.29, 1.82) is 0 Å². The van der Waals surface area contributed by atoms with E-state index in [-0.39, 0.29) is 39.6 Å². The maximum Gasteiger partial charge on any atom is 0.264 e. The Kier molecular flexibility index (Phi) is 9.20. The molecule has 16 heteroatoms. The van der Waals surface area contributed by atoms with Gasteiger partial charge >= 0.3 is 0 Å². The molecule has 0 saturated heterocycles. The van der Waals surface area contributed by atoms with Gasteiger partial charge in [0.15, 0.2) is 11.2 Å². The average molecular weight is 684 g/mol. The van der Waals surface area contributed by atoms with Crippen LogP contribution >= 0.6 is 11.6 Å². The standard InChI is InChI=1S/C30H23ClF5N3O6S/c1-12-7-17(28-18(8-12)26(41)14(3)27(44-28)16-9-37-39(11-16)10-13(2)40)15(4)43-19-5-6-20(31)38-30(19)46(42)45-29-24(35)22(33)21(32)23(34)25(29)36/h5-9,11,13,15,40H,10H2,1-4H3. The third kappa shape index (κ3) is 6.22. The lowest BCUT2D eigenvalue weighted by Gasteiger charge is -2.19. The fraction of sp³-hybridized carbons (Fsp3) is 0.233. The summed E-state index contributed by atoms with van der Waals surface area (Å²) in [6.07, 6.45) is 1.45. The Morgan fingerprint density at radius 3 is 2.35 bits per heavy atom. The first-order valence-electron chi connectivity index (χ1n) is 13.4. The minimum atomic E-state index is -3.00. The average Bonchev–Trinajstić information content (AvgIpc) is 3.47. The van der Waals surface area contributed by atoms with Crippen LogP contribution in [-0.2, 0) is 17.6 Å². The number of nitrogens with zero attached hydrogens (tertiary/aromatic N) is 3. The van der Waals surface area contributed by atoms with Crippen LogP contribution in [0.15, 0.2) is 50.9 Å². The molecule has 0 radical (unpaired) electrons. The van der Waals surface area contributed by atoms with Crippen molar-refractivity contribution in [3.8, 4) is 22.8 Å². The maximum absolute atomic E-state index is 14.2. The highest BCUT2D eigenvalue weighted by Gasteiger charge is 2.30. The summed E-state index contributed by atoms with van der Waals surface area (Å²) in [6, 6.07) is 5.76. The first-order valence-corrected chi connectivity index (χ1v) is 14.9. The Morgan fingerprint density at radius 1 is 1.04 bits per heavy atom. The highest BCUT2D eigenvalue weighted by atomic mass is 35.5. The second kappa shape index (κ2) is 12.8. The molecule has 5 rings (SSSR count). The molecule has 3 aromatic heterocycles. The maximum atomic E-state index is 14.2. The summed E-state index contributed by atoms with van der Waals surface area (Å²) in [5.74, 6) is -13.6. The Bertz CT molecular complexity index is 2060. The molecule has 9 nitrogen and oxygen atoms in total. The molecule has 0 aliphatic carbocycles. The third-order valence-corrected chi connectivity index (χ3v) is 7.89. The highest BCUT2D eigenvalue weighted by Crippen LogP contribution is 2.36. The monoisotopic (exact) mass is 683 g/mol. The number of ether oxygens (including phenoxy) is 1. The van der Waals surface area contributed by atoms with Crippen molar-refractivity contribution in [1.82, 2.24) is 14.8 Å². The summed E-state index contributed by atoms with van der Waals surface area (Å²) in [5.41, 5.74) is 1.62. The number of halogens is 6. The Balaban J connectivity index is 1.55. The van der Waals surface area contributed by atoms with Crippen LogP contribution in [0.1, 0.15) is 36.6 Å². The summed E-state index contributed by atoms with van der Waals surface area (Å²) in [5, 5.41) is 13.2. The van der Waals surface area contributed by atoms with E-state index in [1.54, 1.807) is 46.0 Å². The van der Waals surface area contributed by atoms with Crippen molar-refractivity contribution in [2.24, 2.45) is 0 Å². The van der Waals surface area contributed by atoms with Crippen molar-refractivity contribution >= 4 is 33.7 Å². The van der Waals surface area contributed by atoms with Crippen LogP contribution in [0.4, 0.5) is 22.0 Å². The lowest BCUT2D eigenvalue weighted by Crippen LogP contribution is -2.14. The van der Waals surface area contributed by atoms with E-state index >= 15 is 0 Å². The molecule has 0 fully saturated rings. The number of hydrogen-bond acceptors (Lipinski definition) is 8. The van der Waals surface area contributed by atoms with E-state index in [9.17, 15) is 36.1 Å². The zero-order valence-corrected chi connectivity index (χ0v) is 25.9. The molecule has 3 unspecified atom stereocenters. The van der Waals surface area contributed by atoms with Crippen LogP contribution in [0.5, 0.6) is 11.5 Å². The zero-order chi connectivity index (χ0) is 33.6. The van der Waals surface area contributed by atoms with Gasteiger partial charge in [0.25, 0.3) is 11.1 Å². The van der Waals surface area contributed by atoms with Gasteiger partial charge in [-0.25, -0.2) is 22.4 Å². The van der Waals surface area contributed by atoms with Gasteiger partial charge in [-0.3, -0.25) is 9.48 Å². The van der Waals surface area contributed by atoms with Gasteiger partial charge < -0.3 is 18.4 Å². The van der Waals surface area contributed by atoms with E-state index in [0.717, 1.165) is 0 Å². The van der Waals surface area contributed by atoms with Gasteiger partial charge in [0.1, 0.15) is 22.6 Å². The lowest BCUT2D eigenvalue weighted by atomic mass is 10.0. The van der Waals surface area contributed by atoms with Crippen molar-refractivity contribution in [2.75, 3.05) is 0 Å². The third-order valence-electron chi connectivity index (χ3n) is 6.76. The molecule has 0 saturated carbocycles. The molecule has 0 spiro atoms. The number of hydrogen-bond donors (Lipinski definition) is 1. The SMILES string of the molecule is Cc1cc(C(C)Oc2ccc(Cl)nc2S(=O)Oc2c(F)c(F)c(F)c(F)c2F)c2oc(-c3cnn(CC(C)O)c3)c(C)c(=O)c2c1. The van der Waals surface area contributed by atoms with Crippen molar-refractivity contribution in [3.05, 3.63) is 97.8 Å². The Labute approximate surface area is 264 Å². The van der Waals surface area contributed by atoms with Gasteiger partial charge in [0.05, 0.1) is 29.8 Å². The molecule has 2 aromatic carbocycles. The number of benzene rings is 2. The summed E-state index contributed by atoms with van der Waals surface area (Å²) >= 11 is 2.94. The van der Waals surface area contributed by atoms with Crippen LogP contribution < -0.4 is 14.3 Å². The minimum Gasteiger partial charge on any atom is -0.483 e. The summed E-state index contributed by atoms with van der Waals surface area (Å²) in [7, 11) is 0. The fourth-order valence-corrected chi connectivity index (χ4v) is 5.67. The molecule has 242 valence electrons. The van der Waals surface area contributed by atoms with Gasteiger partial charge in [0.2, 0.25) is 39.9 Å². The first-order chi connectivity index (χ1) is 21.7. The minimum absolute atomic E-state index is 0.147. The highest BCUT2D eigenvalue weighted by molar-refractivity contribution is 7.80. The predicted octanol–water partition coefficient (Wildman–Crippen LogP) is 6.64. The van der Waals surface area contributed by atoms with Crippen LogP contribution in [0.3, 0.4) is 0 Å². The molecule has 5 aromatic rings. The fourth-order valence-electron chi connectivity index (χ4n) is 4.64. The predicted molar refractivity (Wildman–Crippen MR) is 156 cm³/mol. The summed E-state index contributed by atoms with van der Waals surface area (Å²) in [6.45, 7) is 6.70. The normalized spacial score (nSPS) is 13.5. The van der Waals surface area contributed by atoms with E-state index in [1.165, 1.54) is 23.0 Å². The molecule has 0 aliphatic rings. The Hall–Kier alpha value is -4.34. The van der Waals surface area contributed by atoms with Gasteiger partial charge in [-0.2, -0.15) is 13.9 Å². The van der Waals surface area contributed by atoms with Gasteiger partial charge in [-0.1, -0.05) is 11.6 Å². The number of fused-ring (bicyclic) bond motifs is 1. The lowest BCUT2D eigenvalue weighted by molar-refractivity contribution is 0.168. The van der Waals surface area contributed by atoms with Crippen LogP contribution in [-0.4, -0.2) is 30.2 Å². The molecule has 46 heavy (non-hydrogen) atoms. The number of aliphatic hydroxyl groups is 1. The van der Waals surface area contributed by atoms with Crippen molar-refractivity contribution in [3.63, 3.8) is 0 Å². The molecule has 0 amide bonds. The van der Waals surface area contributed by atoms with Crippen LogP contribution in [0.2, 0.25) is 5.15 Å². The van der Waals surface area contributed by atoms with Gasteiger partial charge in [-0.05, 0) is 57.5 Å². The quantitative estimate of drug-likeness (QED) is 0.0796. The largest absolute Gasteiger partial charge is 0.483 e. The smallest absolute Gasteiger partial charge is 0.264 e. The first kappa shape index (κ1) is 33.0. The second-order valence-electron chi connectivity index (χ2n) is 10.3. The molecule has 3 heterocycles. The van der Waals surface area contributed by atoms with Gasteiger partial charge in [0, 0.05) is 17.3 Å². The molecule has 0 bridgehead atoms. The van der Waals surface area contributed by atoms with Crippen LogP contribution in [0.25, 0.3) is 22.3 Å². The van der Waals surface area contributed by atoms with E-state index in [0.29, 0.717) is 22.3 Å². The molecule has 1 N–H and O–H groups in total. The van der Waals surface area contributed by atoms with Crippen LogP contribution in [0, 0.1) is 42.9 Å². The van der Waals surface area contributed by atoms with Crippen molar-refractivity contribution in [2.45, 2.75) is 51.5 Å². The van der Waals surface area contributed by atoms with Gasteiger partial charge in [-0.15, -0.1) is 0 Å². The zero-order valence-electron chi connectivity index (χ0n) is 24.3. The van der Waals surface area contributed by atoms with E-state index in [2.05, 4.69) is 14.3 Å². The number of aryl methyl sites for hydroxylation is 1. The molecule has 0 aliphatic heterocycles. The Morgan fingerprint density at radius 2 is 1.70 bits per heavy atom.